The standard InChI is InChI=1S/C20H25F6N7O3S/c1-32(2)37(34,35)33-8-6-13(7-9-33)11-27-16-29-17(31-18(30-16)36-12-19(21,22)23)28-15-5-3-4-14(10-15)20(24,25)26/h3-5,10,13H,6-9,11-12H2,1-2H3,(H2,27,28,29,30,31). The molecular weight excluding hydrogens is 532 g/mol. The zero-order chi connectivity index (χ0) is 27.4. The number of hydrogen-bond donors (Lipinski definition) is 2. The zero-order valence-corrected chi connectivity index (χ0v) is 20.6. The van der Waals surface area contributed by atoms with Crippen LogP contribution in [-0.4, -0.2) is 78.5 Å². The van der Waals surface area contributed by atoms with Gasteiger partial charge in [-0.1, -0.05) is 6.07 Å². The van der Waals surface area contributed by atoms with Gasteiger partial charge < -0.3 is 15.4 Å². The van der Waals surface area contributed by atoms with E-state index < -0.39 is 40.7 Å². The number of piperidine rings is 1. The average molecular weight is 558 g/mol. The molecule has 37 heavy (non-hydrogen) atoms. The van der Waals surface area contributed by atoms with Gasteiger partial charge in [-0.2, -0.15) is 58.3 Å². The first-order valence-electron chi connectivity index (χ1n) is 10.9. The Kier molecular flexibility index (Phi) is 8.69. The Balaban J connectivity index is 1.72. The van der Waals surface area contributed by atoms with Gasteiger partial charge in [0.15, 0.2) is 6.61 Å². The van der Waals surface area contributed by atoms with E-state index in [0.717, 1.165) is 22.5 Å². The minimum Gasteiger partial charge on any atom is -0.454 e. The lowest BCUT2D eigenvalue weighted by Gasteiger charge is -2.32. The lowest BCUT2D eigenvalue weighted by Crippen LogP contribution is -2.45. The van der Waals surface area contributed by atoms with E-state index in [1.54, 1.807) is 0 Å². The highest BCUT2D eigenvalue weighted by atomic mass is 32.2. The minimum atomic E-state index is -4.67. The summed E-state index contributed by atoms with van der Waals surface area (Å²) < 4.78 is 108. The number of hydrogen-bond acceptors (Lipinski definition) is 8. The fourth-order valence-corrected chi connectivity index (χ4v) is 4.55. The fourth-order valence-electron chi connectivity index (χ4n) is 3.42. The lowest BCUT2D eigenvalue weighted by atomic mass is 9.98. The highest BCUT2D eigenvalue weighted by molar-refractivity contribution is 7.86. The molecule has 1 aliphatic heterocycles. The average Bonchev–Trinajstić information content (AvgIpc) is 2.81. The molecule has 0 saturated carbocycles. The molecule has 0 spiro atoms. The highest BCUT2D eigenvalue weighted by Gasteiger charge is 2.32. The van der Waals surface area contributed by atoms with Crippen molar-refractivity contribution >= 4 is 27.8 Å². The van der Waals surface area contributed by atoms with Crippen LogP contribution in [0.5, 0.6) is 6.01 Å². The van der Waals surface area contributed by atoms with Crippen molar-refractivity contribution in [1.29, 1.82) is 0 Å². The summed E-state index contributed by atoms with van der Waals surface area (Å²) >= 11 is 0. The van der Waals surface area contributed by atoms with Crippen LogP contribution in [0.1, 0.15) is 18.4 Å². The molecule has 1 aromatic heterocycles. The Labute approximate surface area is 209 Å². The molecular formula is C20H25F6N7O3S. The van der Waals surface area contributed by atoms with Gasteiger partial charge in [-0.25, -0.2) is 0 Å². The molecule has 1 aliphatic rings. The summed E-state index contributed by atoms with van der Waals surface area (Å²) in [5.41, 5.74) is -0.996. The van der Waals surface area contributed by atoms with Gasteiger partial charge in [-0.05, 0) is 37.0 Å². The van der Waals surface area contributed by atoms with Crippen LogP contribution in [0.4, 0.5) is 43.9 Å². The van der Waals surface area contributed by atoms with Gasteiger partial charge in [0, 0.05) is 39.4 Å². The summed E-state index contributed by atoms with van der Waals surface area (Å²) in [6, 6.07) is 3.42. The molecule has 0 radical (unpaired) electrons. The van der Waals surface area contributed by atoms with Crippen molar-refractivity contribution < 1.29 is 39.5 Å². The first-order valence-corrected chi connectivity index (χ1v) is 12.3. The summed E-state index contributed by atoms with van der Waals surface area (Å²) in [7, 11) is -0.661. The molecule has 17 heteroatoms. The quantitative estimate of drug-likeness (QED) is 0.451. The van der Waals surface area contributed by atoms with E-state index >= 15 is 0 Å². The monoisotopic (exact) mass is 557 g/mol. The number of aromatic nitrogens is 3. The van der Waals surface area contributed by atoms with Gasteiger partial charge in [-0.15, -0.1) is 0 Å². The maximum Gasteiger partial charge on any atom is 0.422 e. The highest BCUT2D eigenvalue weighted by Crippen LogP contribution is 2.31. The van der Waals surface area contributed by atoms with Crippen molar-refractivity contribution in [3.63, 3.8) is 0 Å². The lowest BCUT2D eigenvalue weighted by molar-refractivity contribution is -0.154. The van der Waals surface area contributed by atoms with Gasteiger partial charge in [0.25, 0.3) is 10.2 Å². The first kappa shape index (κ1) is 28.6. The Hall–Kier alpha value is -2.92. The van der Waals surface area contributed by atoms with E-state index in [4.69, 9.17) is 0 Å². The van der Waals surface area contributed by atoms with Crippen LogP contribution in [-0.2, 0) is 16.4 Å². The predicted molar refractivity (Wildman–Crippen MR) is 121 cm³/mol. The van der Waals surface area contributed by atoms with Crippen LogP contribution in [0.25, 0.3) is 0 Å². The summed E-state index contributed by atoms with van der Waals surface area (Å²) in [5, 5.41) is 5.39. The van der Waals surface area contributed by atoms with Crippen molar-refractivity contribution in [3.8, 4) is 6.01 Å². The summed E-state index contributed by atoms with van der Waals surface area (Å²) in [6.45, 7) is -0.849. The second-order valence-corrected chi connectivity index (χ2v) is 10.5. The van der Waals surface area contributed by atoms with Crippen molar-refractivity contribution in [1.82, 2.24) is 23.6 Å². The Morgan fingerprint density at radius 2 is 1.70 bits per heavy atom. The number of ether oxygens (including phenoxy) is 1. The molecule has 1 aromatic carbocycles. The number of anilines is 3. The van der Waals surface area contributed by atoms with Gasteiger partial charge in [0.1, 0.15) is 0 Å². The second kappa shape index (κ2) is 11.2. The molecule has 2 N–H and O–H groups in total. The minimum absolute atomic E-state index is 0.00444. The molecule has 2 heterocycles. The Morgan fingerprint density at radius 3 is 2.30 bits per heavy atom. The van der Waals surface area contributed by atoms with Gasteiger partial charge in [0.2, 0.25) is 11.9 Å². The first-order chi connectivity index (χ1) is 17.1. The molecule has 0 aliphatic carbocycles. The number of alkyl halides is 6. The van der Waals surface area contributed by atoms with Crippen LogP contribution in [0.2, 0.25) is 0 Å². The van der Waals surface area contributed by atoms with E-state index in [1.165, 1.54) is 24.5 Å². The molecule has 2 aromatic rings. The van der Waals surface area contributed by atoms with Crippen molar-refractivity contribution in [2.24, 2.45) is 5.92 Å². The summed E-state index contributed by atoms with van der Waals surface area (Å²) in [5.74, 6) is -0.490. The smallest absolute Gasteiger partial charge is 0.422 e. The third kappa shape index (κ3) is 8.29. The normalized spacial score (nSPS) is 16.1. The fraction of sp³-hybridized carbons (Fsp3) is 0.550. The van der Waals surface area contributed by atoms with E-state index in [2.05, 4.69) is 30.3 Å². The maximum absolute atomic E-state index is 13.0. The largest absolute Gasteiger partial charge is 0.454 e. The van der Waals surface area contributed by atoms with Crippen LogP contribution in [0, 0.1) is 5.92 Å². The maximum atomic E-state index is 13.0. The molecule has 0 amide bonds. The zero-order valence-electron chi connectivity index (χ0n) is 19.8. The summed E-state index contributed by atoms with van der Waals surface area (Å²) in [6.07, 6.45) is -8.25. The van der Waals surface area contributed by atoms with Crippen LogP contribution >= 0.6 is 0 Å². The van der Waals surface area contributed by atoms with Crippen molar-refractivity contribution in [2.75, 3.05) is 51.0 Å². The van der Waals surface area contributed by atoms with E-state index in [0.29, 0.717) is 12.8 Å². The third-order valence-corrected chi connectivity index (χ3v) is 7.28. The number of rotatable bonds is 9. The molecule has 3 rings (SSSR count). The predicted octanol–water partition coefficient (Wildman–Crippen LogP) is 3.51. The molecule has 0 unspecified atom stereocenters. The van der Waals surface area contributed by atoms with Crippen molar-refractivity contribution in [3.05, 3.63) is 29.8 Å². The molecule has 1 fully saturated rings. The van der Waals surface area contributed by atoms with Gasteiger partial charge in [0.05, 0.1) is 5.56 Å². The van der Waals surface area contributed by atoms with Gasteiger partial charge >= 0.3 is 18.4 Å². The topological polar surface area (TPSA) is 113 Å². The molecule has 10 nitrogen and oxygen atoms in total. The molecule has 0 atom stereocenters. The number of benzene rings is 1. The number of nitrogens with zero attached hydrogens (tertiary/aromatic N) is 5. The second-order valence-electron chi connectivity index (χ2n) is 8.39. The van der Waals surface area contributed by atoms with Crippen LogP contribution in [0.15, 0.2) is 24.3 Å². The molecule has 1 saturated heterocycles. The SMILES string of the molecule is CN(C)S(=O)(=O)N1CCC(CNc2nc(Nc3cccc(C(F)(F)F)c3)nc(OCC(F)(F)F)n2)CC1. The molecule has 0 bridgehead atoms. The van der Waals surface area contributed by atoms with Crippen LogP contribution < -0.4 is 15.4 Å². The number of nitrogens with one attached hydrogen (secondary N) is 2. The third-order valence-electron chi connectivity index (χ3n) is 5.34. The van der Waals surface area contributed by atoms with E-state index in [-0.39, 0.29) is 43.1 Å². The van der Waals surface area contributed by atoms with E-state index in [1.807, 2.05) is 0 Å². The van der Waals surface area contributed by atoms with Gasteiger partial charge in [-0.3, -0.25) is 0 Å². The summed E-state index contributed by atoms with van der Waals surface area (Å²) in [4.78, 5) is 11.6. The van der Waals surface area contributed by atoms with Crippen LogP contribution in [0.3, 0.4) is 0 Å². The Bertz CT molecular complexity index is 1170. The van der Waals surface area contributed by atoms with E-state index in [9.17, 15) is 34.8 Å². The molecule has 206 valence electrons. The Morgan fingerprint density at radius 1 is 1.05 bits per heavy atom. The number of halogens is 6. The van der Waals surface area contributed by atoms with Crippen molar-refractivity contribution in [2.45, 2.75) is 25.2 Å².